The van der Waals surface area contributed by atoms with Crippen LogP contribution in [-0.2, 0) is 18.8 Å². The third kappa shape index (κ3) is 2.23. The number of hydrogen-bond acceptors (Lipinski definition) is 5. The summed E-state index contributed by atoms with van der Waals surface area (Å²) in [5, 5.41) is 9.26. The highest BCUT2D eigenvalue weighted by Gasteiger charge is 2.27. The van der Waals surface area contributed by atoms with Gasteiger partial charge in [0, 0.05) is 27.2 Å². The predicted molar refractivity (Wildman–Crippen MR) is 73.9 cm³/mol. The van der Waals surface area contributed by atoms with Crippen molar-refractivity contribution in [2.24, 2.45) is 14.1 Å². The minimum Gasteiger partial charge on any atom is -0.372 e. The van der Waals surface area contributed by atoms with E-state index >= 15 is 0 Å². The molecule has 0 aromatic carbocycles. The number of nitrogens with zero attached hydrogens (tertiary/aromatic N) is 4. The van der Waals surface area contributed by atoms with Crippen molar-refractivity contribution in [3.8, 4) is 6.07 Å². The van der Waals surface area contributed by atoms with E-state index in [4.69, 9.17) is 4.74 Å². The lowest BCUT2D eigenvalue weighted by Crippen LogP contribution is -2.50. The summed E-state index contributed by atoms with van der Waals surface area (Å²) in [5.74, 6) is 0.377. The van der Waals surface area contributed by atoms with Crippen molar-refractivity contribution in [1.82, 2.24) is 9.13 Å². The number of rotatable bonds is 1. The zero-order valence-corrected chi connectivity index (χ0v) is 12.1. The van der Waals surface area contributed by atoms with Gasteiger partial charge in [-0.15, -0.1) is 0 Å². The van der Waals surface area contributed by atoms with E-state index in [1.54, 1.807) is 7.05 Å². The van der Waals surface area contributed by atoms with Crippen molar-refractivity contribution in [1.29, 1.82) is 5.26 Å². The SMILES string of the molecule is C[C@H]1CN(c2c(C#N)c(=O)n(C)c(=O)n2C)C[C@H](C)O1. The molecule has 1 fully saturated rings. The molecule has 1 saturated heterocycles. The largest absolute Gasteiger partial charge is 0.372 e. The molecule has 1 aromatic heterocycles. The zero-order chi connectivity index (χ0) is 15.0. The van der Waals surface area contributed by atoms with Crippen molar-refractivity contribution in [3.63, 3.8) is 0 Å². The van der Waals surface area contributed by atoms with Gasteiger partial charge in [-0.2, -0.15) is 5.26 Å². The summed E-state index contributed by atoms with van der Waals surface area (Å²) in [6, 6.07) is 1.92. The third-order valence-electron chi connectivity index (χ3n) is 3.46. The Labute approximate surface area is 116 Å². The molecule has 0 N–H and O–H groups in total. The summed E-state index contributed by atoms with van der Waals surface area (Å²) in [7, 11) is 2.95. The van der Waals surface area contributed by atoms with Crippen molar-refractivity contribution in [3.05, 3.63) is 26.4 Å². The summed E-state index contributed by atoms with van der Waals surface area (Å²) >= 11 is 0. The lowest BCUT2D eigenvalue weighted by atomic mass is 10.2. The first-order valence-corrected chi connectivity index (χ1v) is 6.47. The molecule has 0 radical (unpaired) electrons. The van der Waals surface area contributed by atoms with Gasteiger partial charge in [0.1, 0.15) is 11.9 Å². The molecule has 2 atom stereocenters. The minimum absolute atomic E-state index is 0.00380. The van der Waals surface area contributed by atoms with Crippen LogP contribution in [0, 0.1) is 11.3 Å². The summed E-state index contributed by atoms with van der Waals surface area (Å²) in [5.41, 5.74) is -0.996. The molecule has 0 saturated carbocycles. The monoisotopic (exact) mass is 278 g/mol. The van der Waals surface area contributed by atoms with Gasteiger partial charge in [-0.25, -0.2) is 4.79 Å². The van der Waals surface area contributed by atoms with Crippen LogP contribution in [0.25, 0.3) is 0 Å². The van der Waals surface area contributed by atoms with Gasteiger partial charge in [-0.1, -0.05) is 0 Å². The number of aromatic nitrogens is 2. The Morgan fingerprint density at radius 3 is 2.20 bits per heavy atom. The van der Waals surface area contributed by atoms with E-state index in [1.165, 1.54) is 11.6 Å². The van der Waals surface area contributed by atoms with Crippen LogP contribution in [0.2, 0.25) is 0 Å². The maximum atomic E-state index is 12.1. The molecule has 1 aliphatic heterocycles. The Morgan fingerprint density at radius 2 is 1.70 bits per heavy atom. The van der Waals surface area contributed by atoms with E-state index in [0.717, 1.165) is 4.57 Å². The van der Waals surface area contributed by atoms with E-state index in [-0.39, 0.29) is 17.8 Å². The Hall–Kier alpha value is -2.07. The molecule has 0 bridgehead atoms. The highest BCUT2D eigenvalue weighted by molar-refractivity contribution is 5.54. The van der Waals surface area contributed by atoms with E-state index < -0.39 is 11.2 Å². The van der Waals surface area contributed by atoms with Crippen LogP contribution in [0.1, 0.15) is 19.4 Å². The average Bonchev–Trinajstić information content (AvgIpc) is 2.39. The molecule has 7 nitrogen and oxygen atoms in total. The molecule has 0 aliphatic carbocycles. The zero-order valence-electron chi connectivity index (χ0n) is 12.1. The number of anilines is 1. The number of morpholine rings is 1. The Morgan fingerprint density at radius 1 is 1.15 bits per heavy atom. The first-order valence-electron chi connectivity index (χ1n) is 6.47. The average molecular weight is 278 g/mol. The van der Waals surface area contributed by atoms with Crippen LogP contribution >= 0.6 is 0 Å². The van der Waals surface area contributed by atoms with Crippen molar-refractivity contribution >= 4 is 5.82 Å². The third-order valence-corrected chi connectivity index (χ3v) is 3.46. The molecule has 20 heavy (non-hydrogen) atoms. The van der Waals surface area contributed by atoms with Crippen LogP contribution in [0.15, 0.2) is 9.59 Å². The summed E-state index contributed by atoms with van der Waals surface area (Å²) in [4.78, 5) is 26.0. The second-order valence-corrected chi connectivity index (χ2v) is 5.18. The minimum atomic E-state index is -0.558. The fourth-order valence-corrected chi connectivity index (χ4v) is 2.65. The second kappa shape index (κ2) is 5.13. The molecule has 1 aliphatic rings. The van der Waals surface area contributed by atoms with E-state index in [0.29, 0.717) is 18.9 Å². The van der Waals surface area contributed by atoms with Gasteiger partial charge >= 0.3 is 5.69 Å². The van der Waals surface area contributed by atoms with Crippen molar-refractivity contribution < 1.29 is 4.74 Å². The first kappa shape index (κ1) is 14.3. The highest BCUT2D eigenvalue weighted by Crippen LogP contribution is 2.20. The molecule has 0 amide bonds. The summed E-state index contributed by atoms with van der Waals surface area (Å²) < 4.78 is 7.95. The fourth-order valence-electron chi connectivity index (χ4n) is 2.65. The molecule has 108 valence electrons. The quantitative estimate of drug-likeness (QED) is 0.696. The normalized spacial score (nSPS) is 22.6. The summed E-state index contributed by atoms with van der Waals surface area (Å²) in [6.45, 7) is 4.93. The maximum absolute atomic E-state index is 12.1. The van der Waals surface area contributed by atoms with E-state index in [1.807, 2.05) is 24.8 Å². The van der Waals surface area contributed by atoms with E-state index in [9.17, 15) is 14.9 Å². The lowest BCUT2D eigenvalue weighted by Gasteiger charge is -2.37. The van der Waals surface area contributed by atoms with Crippen LogP contribution in [0.5, 0.6) is 0 Å². The van der Waals surface area contributed by atoms with Crippen molar-refractivity contribution in [2.75, 3.05) is 18.0 Å². The highest BCUT2D eigenvalue weighted by atomic mass is 16.5. The molecule has 2 rings (SSSR count). The van der Waals surface area contributed by atoms with Crippen LogP contribution < -0.4 is 16.1 Å². The van der Waals surface area contributed by atoms with Crippen LogP contribution in [-0.4, -0.2) is 34.4 Å². The van der Waals surface area contributed by atoms with Crippen LogP contribution in [0.3, 0.4) is 0 Å². The Bertz CT molecular complexity index is 673. The van der Waals surface area contributed by atoms with Gasteiger partial charge < -0.3 is 9.64 Å². The standard InChI is InChI=1S/C13H18N4O3/c1-8-6-17(7-9(2)20-8)11-10(5-14)12(18)16(4)13(19)15(11)3/h8-9H,6-7H2,1-4H3/t8-,9-/m0/s1. The van der Waals surface area contributed by atoms with Gasteiger partial charge in [-0.05, 0) is 13.8 Å². The summed E-state index contributed by atoms with van der Waals surface area (Å²) in [6.07, 6.45) is -0.0473. The number of hydrogen-bond donors (Lipinski definition) is 0. The Balaban J connectivity index is 2.65. The molecule has 0 spiro atoms. The molecular formula is C13H18N4O3. The topological polar surface area (TPSA) is 80.3 Å². The molecule has 0 unspecified atom stereocenters. The van der Waals surface area contributed by atoms with Crippen molar-refractivity contribution in [2.45, 2.75) is 26.1 Å². The Kier molecular flexibility index (Phi) is 3.68. The van der Waals surface area contributed by atoms with E-state index in [2.05, 4.69) is 0 Å². The molecule has 2 heterocycles. The second-order valence-electron chi connectivity index (χ2n) is 5.18. The number of nitriles is 1. The number of ether oxygens (including phenoxy) is 1. The van der Waals surface area contributed by atoms with Gasteiger partial charge in [-0.3, -0.25) is 13.9 Å². The molecule has 1 aromatic rings. The lowest BCUT2D eigenvalue weighted by molar-refractivity contribution is -0.00570. The maximum Gasteiger partial charge on any atom is 0.332 e. The van der Waals surface area contributed by atoms with Gasteiger partial charge in [0.2, 0.25) is 0 Å². The molecule has 7 heteroatoms. The smallest absolute Gasteiger partial charge is 0.332 e. The van der Waals surface area contributed by atoms with Crippen LogP contribution in [0.4, 0.5) is 5.82 Å². The van der Waals surface area contributed by atoms with Gasteiger partial charge in [0.05, 0.1) is 12.2 Å². The first-order chi connectivity index (χ1) is 9.36. The predicted octanol–water partition coefficient (Wildman–Crippen LogP) is -0.431. The van der Waals surface area contributed by atoms with Gasteiger partial charge in [0.15, 0.2) is 5.56 Å². The van der Waals surface area contributed by atoms with Gasteiger partial charge in [0.25, 0.3) is 5.56 Å². The molecular weight excluding hydrogens is 260 g/mol. The fraction of sp³-hybridized carbons (Fsp3) is 0.615.